The molecule has 0 aliphatic heterocycles. The number of benzene rings is 1. The van der Waals surface area contributed by atoms with Crippen molar-refractivity contribution in [1.82, 2.24) is 10.3 Å². The van der Waals surface area contributed by atoms with Crippen molar-refractivity contribution >= 4 is 5.91 Å². The van der Waals surface area contributed by atoms with E-state index in [-0.39, 0.29) is 5.91 Å². The Kier molecular flexibility index (Phi) is 5.19. The molecule has 1 fully saturated rings. The van der Waals surface area contributed by atoms with Gasteiger partial charge in [0.05, 0.1) is 12.1 Å². The minimum Gasteiger partial charge on any atom is -0.494 e. The van der Waals surface area contributed by atoms with Crippen LogP contribution in [0.5, 0.6) is 17.4 Å². The van der Waals surface area contributed by atoms with Crippen LogP contribution in [0.3, 0.4) is 0 Å². The Bertz CT molecular complexity index is 727. The number of nitrogens with one attached hydrogen (secondary N) is 1. The summed E-state index contributed by atoms with van der Waals surface area (Å²) in [6.07, 6.45) is 4.10. The van der Waals surface area contributed by atoms with E-state index in [2.05, 4.69) is 17.2 Å². The van der Waals surface area contributed by atoms with Crippen molar-refractivity contribution in [3.8, 4) is 17.4 Å². The molecule has 0 spiro atoms. The minimum absolute atomic E-state index is 0.125. The molecule has 1 aliphatic carbocycles. The van der Waals surface area contributed by atoms with Crippen molar-refractivity contribution in [1.29, 1.82) is 0 Å². The fourth-order valence-corrected chi connectivity index (χ4v) is 2.30. The van der Waals surface area contributed by atoms with E-state index in [4.69, 9.17) is 15.2 Å². The highest BCUT2D eigenvalue weighted by molar-refractivity contribution is 5.88. The number of nitrogens with zero attached hydrogens (tertiary/aromatic N) is 1. The summed E-state index contributed by atoms with van der Waals surface area (Å²) in [4.78, 5) is 16.2. The van der Waals surface area contributed by atoms with E-state index < -0.39 is 5.54 Å². The maximum Gasteiger partial charge on any atom is 0.240 e. The predicted octanol–water partition coefficient (Wildman–Crippen LogP) is 2.77. The molecular weight excluding hydrogens is 318 g/mol. The highest BCUT2D eigenvalue weighted by Crippen LogP contribution is 2.32. The van der Waals surface area contributed by atoms with Crippen molar-refractivity contribution in [2.24, 2.45) is 5.73 Å². The minimum atomic E-state index is -0.683. The lowest BCUT2D eigenvalue weighted by Crippen LogP contribution is -2.42. The number of ether oxygens (including phenoxy) is 2. The number of amides is 1. The molecule has 0 saturated heterocycles. The van der Waals surface area contributed by atoms with Crippen LogP contribution in [0, 0.1) is 0 Å². The molecule has 1 saturated carbocycles. The number of aromatic nitrogens is 1. The van der Waals surface area contributed by atoms with E-state index in [9.17, 15) is 4.79 Å². The van der Waals surface area contributed by atoms with Gasteiger partial charge in [0.2, 0.25) is 11.8 Å². The lowest BCUT2D eigenvalue weighted by atomic mass is 10.2. The monoisotopic (exact) mass is 341 g/mol. The van der Waals surface area contributed by atoms with Crippen LogP contribution >= 0.6 is 0 Å². The Balaban J connectivity index is 1.63. The first-order valence-electron chi connectivity index (χ1n) is 8.52. The fraction of sp³-hybridized carbons (Fsp3) is 0.368. The average Bonchev–Trinajstić information content (AvgIpc) is 3.39. The number of carbonyl (C=O) groups excluding carboxylic acids is 1. The van der Waals surface area contributed by atoms with Gasteiger partial charge in [0, 0.05) is 18.3 Å². The average molecular weight is 341 g/mol. The summed E-state index contributed by atoms with van der Waals surface area (Å²) in [7, 11) is 0. The Morgan fingerprint density at radius 3 is 2.64 bits per heavy atom. The first-order chi connectivity index (χ1) is 12.1. The second kappa shape index (κ2) is 7.53. The summed E-state index contributed by atoms with van der Waals surface area (Å²) < 4.78 is 11.4. The van der Waals surface area contributed by atoms with E-state index in [1.165, 1.54) is 0 Å². The first kappa shape index (κ1) is 17.2. The molecule has 6 heteroatoms. The normalized spacial score (nSPS) is 14.6. The number of nitrogens with two attached hydrogens (primary N) is 1. The van der Waals surface area contributed by atoms with Crippen molar-refractivity contribution in [2.75, 3.05) is 6.61 Å². The molecule has 25 heavy (non-hydrogen) atoms. The van der Waals surface area contributed by atoms with E-state index in [1.54, 1.807) is 6.20 Å². The van der Waals surface area contributed by atoms with Crippen LogP contribution in [0.4, 0.5) is 0 Å². The molecule has 1 aromatic carbocycles. The zero-order valence-electron chi connectivity index (χ0n) is 14.3. The number of carbonyl (C=O) groups is 1. The van der Waals surface area contributed by atoms with Gasteiger partial charge < -0.3 is 20.5 Å². The highest BCUT2D eigenvalue weighted by Gasteiger charge is 2.45. The standard InChI is InChI=1S/C19H23N3O3/c1-2-12-24-15-5-7-16(8-6-15)25-17-14(4-3-11-21-17)13-22-18(23)19(20)9-10-19/h3-8,11H,2,9-10,12-13,20H2,1H3,(H,22,23). The first-order valence-corrected chi connectivity index (χ1v) is 8.52. The molecule has 1 aliphatic rings. The third-order valence-electron chi connectivity index (χ3n) is 4.04. The van der Waals surface area contributed by atoms with Crippen LogP contribution in [0.1, 0.15) is 31.7 Å². The van der Waals surface area contributed by atoms with E-state index in [0.717, 1.165) is 30.6 Å². The SMILES string of the molecule is CCCOc1ccc(Oc2ncccc2CNC(=O)C2(N)CC2)cc1. The van der Waals surface area contributed by atoms with E-state index in [0.29, 0.717) is 24.8 Å². The Morgan fingerprint density at radius 1 is 1.24 bits per heavy atom. The maximum absolute atomic E-state index is 12.0. The molecule has 1 aromatic heterocycles. The van der Waals surface area contributed by atoms with Crippen molar-refractivity contribution in [3.05, 3.63) is 48.2 Å². The lowest BCUT2D eigenvalue weighted by molar-refractivity contribution is -0.123. The molecule has 1 heterocycles. The molecule has 2 aromatic rings. The van der Waals surface area contributed by atoms with Crippen LogP contribution in [0.25, 0.3) is 0 Å². The zero-order chi connectivity index (χ0) is 17.7. The zero-order valence-corrected chi connectivity index (χ0v) is 14.3. The summed E-state index contributed by atoms with van der Waals surface area (Å²) in [5.41, 5.74) is 6.01. The molecule has 3 N–H and O–H groups in total. The molecule has 0 bridgehead atoms. The number of pyridine rings is 1. The third-order valence-corrected chi connectivity index (χ3v) is 4.04. The van der Waals surface area contributed by atoms with Gasteiger partial charge in [-0.25, -0.2) is 4.98 Å². The molecule has 0 unspecified atom stereocenters. The van der Waals surface area contributed by atoms with Crippen LogP contribution in [-0.2, 0) is 11.3 Å². The smallest absolute Gasteiger partial charge is 0.240 e. The van der Waals surface area contributed by atoms with Crippen LogP contribution < -0.4 is 20.5 Å². The van der Waals surface area contributed by atoms with Crippen LogP contribution in [0.2, 0.25) is 0 Å². The van der Waals surface area contributed by atoms with Gasteiger partial charge in [-0.15, -0.1) is 0 Å². The summed E-state index contributed by atoms with van der Waals surface area (Å²) in [5, 5.41) is 2.86. The van der Waals surface area contributed by atoms with E-state index >= 15 is 0 Å². The van der Waals surface area contributed by atoms with Gasteiger partial charge in [-0.3, -0.25) is 4.79 Å². The highest BCUT2D eigenvalue weighted by atomic mass is 16.5. The summed E-state index contributed by atoms with van der Waals surface area (Å²) >= 11 is 0. The summed E-state index contributed by atoms with van der Waals surface area (Å²) in [5.74, 6) is 1.81. The van der Waals surface area contributed by atoms with Crippen LogP contribution in [0.15, 0.2) is 42.6 Å². The van der Waals surface area contributed by atoms with Gasteiger partial charge in [0.15, 0.2) is 0 Å². The molecule has 0 atom stereocenters. The van der Waals surface area contributed by atoms with Gasteiger partial charge >= 0.3 is 0 Å². The van der Waals surface area contributed by atoms with E-state index in [1.807, 2.05) is 36.4 Å². The Labute approximate surface area is 147 Å². The maximum atomic E-state index is 12.0. The predicted molar refractivity (Wildman–Crippen MR) is 94.5 cm³/mol. The lowest BCUT2D eigenvalue weighted by Gasteiger charge is -2.13. The van der Waals surface area contributed by atoms with Gasteiger partial charge in [0.25, 0.3) is 0 Å². The Morgan fingerprint density at radius 2 is 1.96 bits per heavy atom. The second-order valence-corrected chi connectivity index (χ2v) is 6.23. The van der Waals surface area contributed by atoms with Crippen molar-refractivity contribution in [3.63, 3.8) is 0 Å². The molecular formula is C19H23N3O3. The second-order valence-electron chi connectivity index (χ2n) is 6.23. The molecule has 0 radical (unpaired) electrons. The van der Waals surface area contributed by atoms with Gasteiger partial charge in [-0.05, 0) is 49.6 Å². The fourth-order valence-electron chi connectivity index (χ4n) is 2.30. The van der Waals surface area contributed by atoms with Gasteiger partial charge in [0.1, 0.15) is 11.5 Å². The van der Waals surface area contributed by atoms with Crippen LogP contribution in [-0.4, -0.2) is 23.0 Å². The van der Waals surface area contributed by atoms with Crippen molar-refractivity contribution in [2.45, 2.75) is 38.3 Å². The third kappa shape index (κ3) is 4.48. The summed E-state index contributed by atoms with van der Waals surface area (Å²) in [6, 6.07) is 11.1. The Hall–Kier alpha value is -2.60. The topological polar surface area (TPSA) is 86.5 Å². The van der Waals surface area contributed by atoms with Gasteiger partial charge in [-0.1, -0.05) is 13.0 Å². The van der Waals surface area contributed by atoms with Crippen molar-refractivity contribution < 1.29 is 14.3 Å². The number of rotatable bonds is 8. The quantitative estimate of drug-likeness (QED) is 0.771. The molecule has 132 valence electrons. The van der Waals surface area contributed by atoms with Gasteiger partial charge in [-0.2, -0.15) is 0 Å². The molecule has 3 rings (SSSR count). The molecule has 6 nitrogen and oxygen atoms in total. The number of hydrogen-bond donors (Lipinski definition) is 2. The number of hydrogen-bond acceptors (Lipinski definition) is 5. The molecule has 1 amide bonds. The summed E-state index contributed by atoms with van der Waals surface area (Å²) in [6.45, 7) is 3.08. The largest absolute Gasteiger partial charge is 0.494 e.